The predicted molar refractivity (Wildman–Crippen MR) is 145 cm³/mol. The highest BCUT2D eigenvalue weighted by Crippen LogP contribution is 2.32. The van der Waals surface area contributed by atoms with Crippen molar-refractivity contribution in [3.05, 3.63) is 77.6 Å². The van der Waals surface area contributed by atoms with Crippen molar-refractivity contribution in [3.8, 4) is 17.1 Å². The zero-order chi connectivity index (χ0) is 25.8. The van der Waals surface area contributed by atoms with Crippen molar-refractivity contribution >= 4 is 22.1 Å². The molecule has 3 saturated heterocycles. The number of aryl methyl sites for hydroxylation is 2. The average Bonchev–Trinajstić information content (AvgIpc) is 3.29. The van der Waals surface area contributed by atoms with Crippen molar-refractivity contribution in [3.63, 3.8) is 0 Å². The molecule has 6 heterocycles. The van der Waals surface area contributed by atoms with Crippen LogP contribution in [0.5, 0.6) is 5.75 Å². The summed E-state index contributed by atoms with van der Waals surface area (Å²) in [5, 5.41) is 1.02. The van der Waals surface area contributed by atoms with E-state index in [9.17, 15) is 0 Å². The number of hydrogen-bond donors (Lipinski definition) is 0. The van der Waals surface area contributed by atoms with E-state index in [1.165, 1.54) is 6.07 Å². The number of halogens is 1. The number of fused-ring (bicyclic) bond motifs is 5. The van der Waals surface area contributed by atoms with E-state index in [0.29, 0.717) is 35.2 Å². The van der Waals surface area contributed by atoms with Gasteiger partial charge in [-0.1, -0.05) is 12.1 Å². The molecule has 0 saturated carbocycles. The molecule has 38 heavy (non-hydrogen) atoms. The predicted octanol–water partition coefficient (Wildman–Crippen LogP) is 5.32. The molecule has 0 amide bonds. The Kier molecular flexibility index (Phi) is 5.58. The number of imidazole rings is 1. The van der Waals surface area contributed by atoms with E-state index >= 15 is 4.39 Å². The number of nitrogens with zero attached hydrogens (tertiary/aromatic N) is 6. The van der Waals surface area contributed by atoms with Gasteiger partial charge in [0.05, 0.1) is 17.8 Å². The molecule has 7 nitrogen and oxygen atoms in total. The maximum Gasteiger partial charge on any atom is 0.164 e. The lowest BCUT2D eigenvalue weighted by Crippen LogP contribution is -2.52. The molecule has 3 fully saturated rings. The van der Waals surface area contributed by atoms with Crippen LogP contribution in [-0.2, 0) is 6.54 Å². The number of piperidine rings is 3. The molecule has 3 aliphatic rings. The first-order chi connectivity index (χ1) is 18.5. The van der Waals surface area contributed by atoms with Crippen LogP contribution in [-0.4, -0.2) is 55.1 Å². The molecule has 1 unspecified atom stereocenters. The second kappa shape index (κ2) is 9.13. The monoisotopic (exact) mass is 508 g/mol. The second-order valence-electron chi connectivity index (χ2n) is 10.5. The summed E-state index contributed by atoms with van der Waals surface area (Å²) in [5.74, 6) is 2.25. The molecular weight excluding hydrogens is 479 g/mol. The maximum absolute atomic E-state index is 15.5. The van der Waals surface area contributed by atoms with Crippen molar-refractivity contribution in [2.45, 2.75) is 39.3 Å². The topological polar surface area (TPSA) is 69.0 Å². The number of pyridine rings is 1. The summed E-state index contributed by atoms with van der Waals surface area (Å²) < 4.78 is 23.8. The molecule has 8 heteroatoms. The summed E-state index contributed by atoms with van der Waals surface area (Å²) in [6.45, 7) is 7.32. The molecule has 1 atom stereocenters. The van der Waals surface area contributed by atoms with Crippen LogP contribution in [0.4, 0.5) is 4.39 Å². The number of hydrogen-bond acceptors (Lipinski definition) is 6. The van der Waals surface area contributed by atoms with Crippen LogP contribution in [0.25, 0.3) is 33.5 Å². The van der Waals surface area contributed by atoms with Crippen LogP contribution in [0.15, 0.2) is 54.7 Å². The molecule has 0 aliphatic carbocycles. The second-order valence-corrected chi connectivity index (χ2v) is 10.5. The van der Waals surface area contributed by atoms with Crippen molar-refractivity contribution in [1.82, 2.24) is 29.4 Å². The third-order valence-electron chi connectivity index (χ3n) is 7.98. The quantitative estimate of drug-likeness (QED) is 0.320. The number of benzene rings is 2. The molecule has 192 valence electrons. The zero-order valence-electron chi connectivity index (χ0n) is 21.6. The summed E-state index contributed by atoms with van der Waals surface area (Å²) in [5.41, 5.74) is 4.61. The van der Waals surface area contributed by atoms with E-state index < -0.39 is 0 Å². The smallest absolute Gasteiger partial charge is 0.164 e. The lowest BCUT2D eigenvalue weighted by Gasteiger charge is -2.44. The van der Waals surface area contributed by atoms with E-state index in [2.05, 4.69) is 20.9 Å². The van der Waals surface area contributed by atoms with Gasteiger partial charge in [-0.25, -0.2) is 19.3 Å². The lowest BCUT2D eigenvalue weighted by molar-refractivity contribution is -0.00789. The molecule has 0 N–H and O–H groups in total. The Balaban J connectivity index is 1.26. The largest absolute Gasteiger partial charge is 0.489 e. The van der Waals surface area contributed by atoms with Gasteiger partial charge in [-0.15, -0.1) is 0 Å². The minimum Gasteiger partial charge on any atom is -0.489 e. The van der Waals surface area contributed by atoms with Gasteiger partial charge in [0.15, 0.2) is 5.65 Å². The van der Waals surface area contributed by atoms with Crippen LogP contribution in [0.3, 0.4) is 0 Å². The minimum absolute atomic E-state index is 0.136. The zero-order valence-corrected chi connectivity index (χ0v) is 21.6. The van der Waals surface area contributed by atoms with Gasteiger partial charge < -0.3 is 9.30 Å². The fourth-order valence-electron chi connectivity index (χ4n) is 5.98. The van der Waals surface area contributed by atoms with E-state index in [4.69, 9.17) is 14.7 Å². The third-order valence-corrected chi connectivity index (χ3v) is 7.98. The average molecular weight is 509 g/mol. The van der Waals surface area contributed by atoms with Crippen molar-refractivity contribution in [1.29, 1.82) is 0 Å². The molecule has 5 aromatic rings. The standard InChI is InChI=1S/C30H29FN6O/c1-18-28-30(34-19(2)33-18)37(29(35-28)22-6-8-26-21(14-22)4-3-11-32-26)16-23-5-7-24(15-25(23)31)38-27-17-36-12-9-20(27)10-13-36/h3-8,11,14-15,20,27H,9-10,12-13,16-17H2,1-2H3. The molecule has 0 radical (unpaired) electrons. The first-order valence-electron chi connectivity index (χ1n) is 13.3. The van der Waals surface area contributed by atoms with Crippen LogP contribution >= 0.6 is 0 Å². The number of ether oxygens (including phenoxy) is 1. The minimum atomic E-state index is -0.290. The molecule has 3 aliphatic heterocycles. The van der Waals surface area contributed by atoms with Gasteiger partial charge in [0.25, 0.3) is 0 Å². The lowest BCUT2D eigenvalue weighted by atomic mass is 9.86. The highest BCUT2D eigenvalue weighted by Gasteiger charge is 2.35. The Labute approximate surface area is 220 Å². The summed E-state index contributed by atoms with van der Waals surface area (Å²) in [6.07, 6.45) is 4.24. The van der Waals surface area contributed by atoms with Gasteiger partial charge >= 0.3 is 0 Å². The normalized spacial score (nSPS) is 20.9. The Morgan fingerprint density at radius 3 is 2.66 bits per heavy atom. The highest BCUT2D eigenvalue weighted by atomic mass is 19.1. The molecular formula is C30H29FN6O. The van der Waals surface area contributed by atoms with E-state index in [1.807, 2.05) is 54.8 Å². The van der Waals surface area contributed by atoms with Crippen molar-refractivity contribution in [2.24, 2.45) is 5.92 Å². The van der Waals surface area contributed by atoms with E-state index in [0.717, 1.165) is 66.0 Å². The fourth-order valence-corrected chi connectivity index (χ4v) is 5.98. The van der Waals surface area contributed by atoms with Gasteiger partial charge in [-0.2, -0.15) is 0 Å². The van der Waals surface area contributed by atoms with E-state index in [-0.39, 0.29) is 11.9 Å². The fraction of sp³-hybridized carbons (Fsp3) is 0.333. The Hall–Kier alpha value is -3.91. The van der Waals surface area contributed by atoms with Crippen molar-refractivity contribution in [2.75, 3.05) is 19.6 Å². The van der Waals surface area contributed by atoms with Crippen LogP contribution in [0, 0.1) is 25.6 Å². The number of aromatic nitrogens is 5. The Bertz CT molecular complexity index is 1670. The number of rotatable bonds is 5. The van der Waals surface area contributed by atoms with Crippen LogP contribution < -0.4 is 4.74 Å². The van der Waals surface area contributed by atoms with Gasteiger partial charge in [0, 0.05) is 35.3 Å². The summed E-state index contributed by atoms with van der Waals surface area (Å²) in [6, 6.07) is 15.2. The van der Waals surface area contributed by atoms with Gasteiger partial charge in [0.2, 0.25) is 0 Å². The molecule has 2 bridgehead atoms. The van der Waals surface area contributed by atoms with Crippen molar-refractivity contribution < 1.29 is 9.13 Å². The van der Waals surface area contributed by atoms with Gasteiger partial charge in [-0.05, 0) is 76.0 Å². The summed E-state index contributed by atoms with van der Waals surface area (Å²) in [7, 11) is 0. The van der Waals surface area contributed by atoms with Gasteiger partial charge in [-0.3, -0.25) is 9.88 Å². The molecule has 3 aromatic heterocycles. The third kappa shape index (κ3) is 4.09. The molecule has 2 aromatic carbocycles. The van der Waals surface area contributed by atoms with Gasteiger partial charge in [0.1, 0.15) is 34.8 Å². The van der Waals surface area contributed by atoms with Crippen LogP contribution in [0.1, 0.15) is 29.9 Å². The summed E-state index contributed by atoms with van der Waals surface area (Å²) in [4.78, 5) is 21.0. The maximum atomic E-state index is 15.5. The highest BCUT2D eigenvalue weighted by molar-refractivity contribution is 5.85. The first-order valence-corrected chi connectivity index (χ1v) is 13.3. The van der Waals surface area contributed by atoms with E-state index in [1.54, 1.807) is 6.20 Å². The Morgan fingerprint density at radius 2 is 1.87 bits per heavy atom. The molecule has 8 rings (SSSR count). The summed E-state index contributed by atoms with van der Waals surface area (Å²) >= 11 is 0. The van der Waals surface area contributed by atoms with Crippen LogP contribution in [0.2, 0.25) is 0 Å². The first kappa shape index (κ1) is 23.2. The molecule has 0 spiro atoms. The Morgan fingerprint density at radius 1 is 1.00 bits per heavy atom. The SMILES string of the molecule is Cc1nc(C)c2nc(-c3ccc4ncccc4c3)n(Cc3ccc(OC4CN5CCC4CC5)cc3F)c2n1.